The molecule has 92 valence electrons. The first-order chi connectivity index (χ1) is 8.72. The Morgan fingerprint density at radius 2 is 2.17 bits per heavy atom. The molecule has 3 rings (SSSR count). The van der Waals surface area contributed by atoms with Gasteiger partial charge < -0.3 is 5.32 Å². The molecule has 0 saturated carbocycles. The van der Waals surface area contributed by atoms with Crippen molar-refractivity contribution in [3.05, 3.63) is 46.2 Å². The number of hydrogen-bond acceptors (Lipinski definition) is 4. The van der Waals surface area contributed by atoms with Crippen LogP contribution in [0.3, 0.4) is 0 Å². The highest BCUT2D eigenvalue weighted by molar-refractivity contribution is 7.22. The number of fused-ring (bicyclic) bond motifs is 1. The number of aromatic nitrogens is 1. The Balaban J connectivity index is 1.86. The molecule has 0 saturated heterocycles. The summed E-state index contributed by atoms with van der Waals surface area (Å²) < 4.78 is 1.24. The van der Waals surface area contributed by atoms with Gasteiger partial charge in [-0.2, -0.15) is 11.3 Å². The van der Waals surface area contributed by atoms with E-state index in [4.69, 9.17) is 0 Å². The summed E-state index contributed by atoms with van der Waals surface area (Å²) in [6, 6.07) is 8.86. The summed E-state index contributed by atoms with van der Waals surface area (Å²) in [5.74, 6) is 0. The highest BCUT2D eigenvalue weighted by Crippen LogP contribution is 2.29. The zero-order valence-electron chi connectivity index (χ0n) is 10.3. The molecular weight excluding hydrogens is 260 g/mol. The zero-order chi connectivity index (χ0) is 12.5. The lowest BCUT2D eigenvalue weighted by Gasteiger charge is -2.10. The van der Waals surface area contributed by atoms with Gasteiger partial charge in [-0.25, -0.2) is 4.98 Å². The molecule has 1 aromatic carbocycles. The third-order valence-electron chi connectivity index (χ3n) is 2.93. The summed E-state index contributed by atoms with van der Waals surface area (Å²) in [4.78, 5) is 4.63. The van der Waals surface area contributed by atoms with Gasteiger partial charge in [0, 0.05) is 0 Å². The fourth-order valence-corrected chi connectivity index (χ4v) is 3.58. The molecule has 2 nitrogen and oxygen atoms in total. The van der Waals surface area contributed by atoms with E-state index >= 15 is 0 Å². The molecule has 0 radical (unpaired) electrons. The molecule has 0 amide bonds. The Labute approximate surface area is 114 Å². The van der Waals surface area contributed by atoms with Crippen LogP contribution in [0.5, 0.6) is 0 Å². The summed E-state index contributed by atoms with van der Waals surface area (Å²) in [6.45, 7) is 4.26. The fraction of sp³-hybridized carbons (Fsp3) is 0.214. The van der Waals surface area contributed by atoms with Crippen molar-refractivity contribution in [1.29, 1.82) is 0 Å². The number of thiophene rings is 1. The largest absolute Gasteiger partial charge is 0.355 e. The van der Waals surface area contributed by atoms with Gasteiger partial charge in [0.05, 0.1) is 16.3 Å². The minimum Gasteiger partial charge on any atom is -0.355 e. The maximum Gasteiger partial charge on any atom is 0.184 e. The molecule has 2 aromatic heterocycles. The van der Waals surface area contributed by atoms with Crippen LogP contribution in [0.2, 0.25) is 0 Å². The first-order valence-electron chi connectivity index (χ1n) is 5.88. The third kappa shape index (κ3) is 2.26. The van der Waals surface area contributed by atoms with E-state index in [9.17, 15) is 0 Å². The highest BCUT2D eigenvalue weighted by atomic mass is 32.1. The van der Waals surface area contributed by atoms with Crippen LogP contribution in [0.4, 0.5) is 5.13 Å². The summed E-state index contributed by atoms with van der Waals surface area (Å²) in [5.41, 5.74) is 3.65. The molecule has 1 atom stereocenters. The lowest BCUT2D eigenvalue weighted by atomic mass is 10.2. The van der Waals surface area contributed by atoms with Gasteiger partial charge >= 0.3 is 0 Å². The second-order valence-electron chi connectivity index (χ2n) is 4.41. The van der Waals surface area contributed by atoms with E-state index in [1.807, 2.05) is 0 Å². The minimum absolute atomic E-state index is 0.304. The van der Waals surface area contributed by atoms with Crippen molar-refractivity contribution in [3.63, 3.8) is 0 Å². The average molecular weight is 274 g/mol. The minimum atomic E-state index is 0.304. The summed E-state index contributed by atoms with van der Waals surface area (Å²) in [7, 11) is 0. The lowest BCUT2D eigenvalue weighted by molar-refractivity contribution is 0.888. The fourth-order valence-electron chi connectivity index (χ4n) is 1.89. The van der Waals surface area contributed by atoms with Crippen molar-refractivity contribution in [2.45, 2.75) is 19.9 Å². The van der Waals surface area contributed by atoms with Gasteiger partial charge in [-0.1, -0.05) is 17.4 Å². The van der Waals surface area contributed by atoms with Crippen LogP contribution >= 0.6 is 22.7 Å². The Bertz CT molecular complexity index is 656. The molecular formula is C14H14N2S2. The maximum absolute atomic E-state index is 4.63. The Kier molecular flexibility index (Phi) is 3.06. The molecule has 18 heavy (non-hydrogen) atoms. The van der Waals surface area contributed by atoms with Gasteiger partial charge in [0.15, 0.2) is 5.13 Å². The monoisotopic (exact) mass is 274 g/mol. The van der Waals surface area contributed by atoms with Crippen molar-refractivity contribution in [1.82, 2.24) is 4.98 Å². The normalized spacial score (nSPS) is 12.8. The van der Waals surface area contributed by atoms with Crippen LogP contribution in [0.15, 0.2) is 35.0 Å². The number of aryl methyl sites for hydroxylation is 1. The second-order valence-corrected chi connectivity index (χ2v) is 6.22. The molecule has 3 aromatic rings. The summed E-state index contributed by atoms with van der Waals surface area (Å²) in [6.07, 6.45) is 0. The van der Waals surface area contributed by atoms with Crippen LogP contribution in [-0.4, -0.2) is 4.98 Å². The van der Waals surface area contributed by atoms with Gasteiger partial charge in [-0.15, -0.1) is 0 Å². The van der Waals surface area contributed by atoms with Crippen LogP contribution in [0.1, 0.15) is 24.1 Å². The molecule has 0 bridgehead atoms. The van der Waals surface area contributed by atoms with Crippen molar-refractivity contribution < 1.29 is 0 Å². The number of nitrogens with one attached hydrogen (secondary N) is 1. The number of benzene rings is 1. The number of hydrogen-bond donors (Lipinski definition) is 1. The molecule has 0 aliphatic carbocycles. The van der Waals surface area contributed by atoms with Crippen LogP contribution < -0.4 is 5.32 Å². The molecule has 4 heteroatoms. The van der Waals surface area contributed by atoms with Crippen LogP contribution in [-0.2, 0) is 0 Å². The second kappa shape index (κ2) is 4.71. The van der Waals surface area contributed by atoms with Gasteiger partial charge in [-0.05, 0) is 53.9 Å². The van der Waals surface area contributed by atoms with E-state index in [-0.39, 0.29) is 0 Å². The molecule has 1 unspecified atom stereocenters. The quantitative estimate of drug-likeness (QED) is 0.739. The molecule has 0 aliphatic rings. The van der Waals surface area contributed by atoms with Crippen molar-refractivity contribution >= 4 is 38.0 Å². The standard InChI is InChI=1S/C14H14N2S2/c1-9-3-4-13-12(7-9)16-14(18-13)15-10(2)11-5-6-17-8-11/h3-8,10H,1-2H3,(H,15,16). The molecule has 0 aliphatic heterocycles. The van der Waals surface area contributed by atoms with Crippen molar-refractivity contribution in [2.75, 3.05) is 5.32 Å². The van der Waals surface area contributed by atoms with Crippen molar-refractivity contribution in [2.24, 2.45) is 0 Å². The molecule has 1 N–H and O–H groups in total. The predicted molar refractivity (Wildman–Crippen MR) is 80.7 cm³/mol. The van der Waals surface area contributed by atoms with E-state index in [2.05, 4.69) is 59.2 Å². The molecule has 2 heterocycles. The van der Waals surface area contributed by atoms with E-state index in [1.165, 1.54) is 15.8 Å². The number of nitrogens with zero attached hydrogens (tertiary/aromatic N) is 1. The highest BCUT2D eigenvalue weighted by Gasteiger charge is 2.09. The van der Waals surface area contributed by atoms with Crippen LogP contribution in [0, 0.1) is 6.92 Å². The number of rotatable bonds is 3. The van der Waals surface area contributed by atoms with Gasteiger partial charge in [0.25, 0.3) is 0 Å². The average Bonchev–Trinajstić information content (AvgIpc) is 2.95. The SMILES string of the molecule is Cc1ccc2sc(NC(C)c3ccsc3)nc2c1. The number of thiazole rings is 1. The molecule has 0 fully saturated rings. The van der Waals surface area contributed by atoms with Gasteiger partial charge in [0.2, 0.25) is 0 Å². The van der Waals surface area contributed by atoms with E-state index in [0.717, 1.165) is 10.6 Å². The van der Waals surface area contributed by atoms with Gasteiger partial charge in [-0.3, -0.25) is 0 Å². The smallest absolute Gasteiger partial charge is 0.184 e. The number of anilines is 1. The van der Waals surface area contributed by atoms with E-state index in [0.29, 0.717) is 6.04 Å². The first-order valence-corrected chi connectivity index (χ1v) is 7.64. The van der Waals surface area contributed by atoms with E-state index < -0.39 is 0 Å². The van der Waals surface area contributed by atoms with Crippen LogP contribution in [0.25, 0.3) is 10.2 Å². The third-order valence-corrected chi connectivity index (χ3v) is 4.60. The van der Waals surface area contributed by atoms with Crippen molar-refractivity contribution in [3.8, 4) is 0 Å². The Hall–Kier alpha value is -1.39. The topological polar surface area (TPSA) is 24.9 Å². The van der Waals surface area contributed by atoms with E-state index in [1.54, 1.807) is 22.7 Å². The van der Waals surface area contributed by atoms with Gasteiger partial charge in [0.1, 0.15) is 0 Å². The first kappa shape index (κ1) is 11.7. The summed E-state index contributed by atoms with van der Waals surface area (Å²) >= 11 is 3.44. The zero-order valence-corrected chi connectivity index (χ0v) is 11.9. The molecule has 0 spiro atoms. The predicted octanol–water partition coefficient (Wildman–Crippen LogP) is 4.84. The summed E-state index contributed by atoms with van der Waals surface area (Å²) in [5, 5.41) is 8.74. The Morgan fingerprint density at radius 3 is 2.94 bits per heavy atom. The lowest BCUT2D eigenvalue weighted by Crippen LogP contribution is -2.04. The maximum atomic E-state index is 4.63. The Morgan fingerprint density at radius 1 is 1.28 bits per heavy atom.